The van der Waals surface area contributed by atoms with Gasteiger partial charge in [0.25, 0.3) is 0 Å². The van der Waals surface area contributed by atoms with Gasteiger partial charge < -0.3 is 39.9 Å². The molecule has 6 N–H and O–H groups in total. The summed E-state index contributed by atoms with van der Waals surface area (Å²) in [5.41, 5.74) is 0. The van der Waals surface area contributed by atoms with Crippen LogP contribution in [-0.4, -0.2) is 98.3 Å². The summed E-state index contributed by atoms with van der Waals surface area (Å²) in [6, 6.07) is 0. The number of phosphoric acid groups is 1. The highest BCUT2D eigenvalue weighted by Gasteiger charge is 2.51. The molecule has 1 saturated carbocycles. The molecule has 0 aromatic heterocycles. The minimum Gasteiger partial charge on any atom is -0.462 e. The van der Waals surface area contributed by atoms with Crippen molar-refractivity contribution in [3.8, 4) is 0 Å². The topological polar surface area (TPSA) is 210 Å². The number of aliphatic hydroxyl groups is 5. The van der Waals surface area contributed by atoms with E-state index in [4.69, 9.17) is 18.5 Å². The van der Waals surface area contributed by atoms with Crippen molar-refractivity contribution >= 4 is 19.8 Å². The van der Waals surface area contributed by atoms with Gasteiger partial charge in [-0.15, -0.1) is 0 Å². The van der Waals surface area contributed by atoms with Crippen LogP contribution in [0.2, 0.25) is 0 Å². The van der Waals surface area contributed by atoms with Gasteiger partial charge in [-0.2, -0.15) is 0 Å². The lowest BCUT2D eigenvalue weighted by Crippen LogP contribution is -2.64. The van der Waals surface area contributed by atoms with Crippen molar-refractivity contribution in [2.75, 3.05) is 13.2 Å². The van der Waals surface area contributed by atoms with Crippen LogP contribution in [0.5, 0.6) is 0 Å². The Labute approximate surface area is 342 Å². The molecule has 0 spiro atoms. The maximum Gasteiger partial charge on any atom is 0.472 e. The first-order valence-electron chi connectivity index (χ1n) is 21.8. The summed E-state index contributed by atoms with van der Waals surface area (Å²) in [5, 5.41) is 50.0. The zero-order valence-corrected chi connectivity index (χ0v) is 35.8. The van der Waals surface area contributed by atoms with Gasteiger partial charge in [-0.25, -0.2) is 9.36 Å². The Hall–Kier alpha value is -1.93. The maximum atomic E-state index is 12.8. The van der Waals surface area contributed by atoms with Crippen molar-refractivity contribution in [3.63, 3.8) is 0 Å². The summed E-state index contributed by atoms with van der Waals surface area (Å²) in [4.78, 5) is 35.4. The van der Waals surface area contributed by atoms with Gasteiger partial charge >= 0.3 is 19.8 Å². The smallest absolute Gasteiger partial charge is 0.462 e. The van der Waals surface area contributed by atoms with Gasteiger partial charge in [-0.05, 0) is 44.9 Å². The fourth-order valence-corrected chi connectivity index (χ4v) is 7.46. The fraction of sp³-hybridized carbons (Fsp3) is 0.814. The van der Waals surface area contributed by atoms with Crippen molar-refractivity contribution < 1.29 is 63.1 Å². The zero-order valence-electron chi connectivity index (χ0n) is 34.9. The largest absolute Gasteiger partial charge is 0.472 e. The molecule has 0 bridgehead atoms. The summed E-state index contributed by atoms with van der Waals surface area (Å²) in [6.45, 7) is 3.16. The van der Waals surface area contributed by atoms with Crippen molar-refractivity contribution in [1.29, 1.82) is 0 Å². The van der Waals surface area contributed by atoms with E-state index in [9.17, 15) is 44.6 Å². The minimum atomic E-state index is -5.14. The lowest BCUT2D eigenvalue weighted by atomic mass is 9.85. The highest BCUT2D eigenvalue weighted by molar-refractivity contribution is 7.47. The third-order valence-corrected chi connectivity index (χ3v) is 11.0. The number of phosphoric ester groups is 1. The number of hydrogen-bond donors (Lipinski definition) is 6. The average molecular weight is 833 g/mol. The molecule has 0 aromatic rings. The minimum absolute atomic E-state index is 0.127. The van der Waals surface area contributed by atoms with Gasteiger partial charge in [-0.3, -0.25) is 13.8 Å². The number of unbranched alkanes of at least 4 members (excludes halogenated alkanes) is 20. The predicted octanol–water partition coefficient (Wildman–Crippen LogP) is 7.83. The monoisotopic (exact) mass is 833 g/mol. The molecular formula is C43H77O13P. The molecule has 0 radical (unpaired) electrons. The number of ether oxygens (including phenoxy) is 2. The molecule has 14 heteroatoms. The van der Waals surface area contributed by atoms with Crippen LogP contribution in [-0.2, 0) is 32.7 Å². The molecule has 1 aliphatic carbocycles. The van der Waals surface area contributed by atoms with Crippen molar-refractivity contribution in [3.05, 3.63) is 36.5 Å². The van der Waals surface area contributed by atoms with Crippen molar-refractivity contribution in [1.82, 2.24) is 0 Å². The van der Waals surface area contributed by atoms with Gasteiger partial charge in [-0.1, -0.05) is 147 Å². The Balaban J connectivity index is 2.56. The number of carbonyl (C=O) groups is 2. The number of allylic oxidation sites excluding steroid dienone is 5. The predicted molar refractivity (Wildman–Crippen MR) is 221 cm³/mol. The number of carbonyl (C=O) groups excluding carboxylic acids is 2. The first kappa shape index (κ1) is 53.1. The summed E-state index contributed by atoms with van der Waals surface area (Å²) in [6.07, 6.45) is 24.2. The van der Waals surface area contributed by atoms with Gasteiger partial charge in [0.2, 0.25) is 0 Å². The van der Waals surface area contributed by atoms with Crippen LogP contribution in [0.25, 0.3) is 0 Å². The van der Waals surface area contributed by atoms with E-state index in [2.05, 4.69) is 26.0 Å². The Morgan fingerprint density at radius 2 is 1.02 bits per heavy atom. The summed E-state index contributed by atoms with van der Waals surface area (Å²) in [7, 11) is -5.14. The fourth-order valence-electron chi connectivity index (χ4n) is 6.48. The molecule has 13 nitrogen and oxygen atoms in total. The normalized spacial score (nSPS) is 23.0. The molecule has 0 aromatic carbocycles. The third kappa shape index (κ3) is 26.7. The van der Waals surface area contributed by atoms with E-state index < -0.39 is 75.7 Å². The second-order valence-electron chi connectivity index (χ2n) is 15.3. The zero-order chi connectivity index (χ0) is 42.2. The quantitative estimate of drug-likeness (QED) is 0.00900. The summed E-state index contributed by atoms with van der Waals surface area (Å²) >= 11 is 0. The first-order valence-corrected chi connectivity index (χ1v) is 23.3. The van der Waals surface area contributed by atoms with Gasteiger partial charge in [0, 0.05) is 12.5 Å². The molecule has 332 valence electrons. The molecule has 6 unspecified atom stereocenters. The highest BCUT2D eigenvalue weighted by Crippen LogP contribution is 2.47. The van der Waals surface area contributed by atoms with Gasteiger partial charge in [0.15, 0.2) is 6.10 Å². The summed E-state index contributed by atoms with van der Waals surface area (Å²) in [5.74, 6) is -1.37. The molecule has 1 fully saturated rings. The van der Waals surface area contributed by atoms with Crippen LogP contribution in [0.4, 0.5) is 0 Å². The average Bonchev–Trinajstić information content (AvgIpc) is 3.19. The van der Waals surface area contributed by atoms with Crippen LogP contribution in [0.3, 0.4) is 0 Å². The van der Waals surface area contributed by atoms with Gasteiger partial charge in [0.1, 0.15) is 43.2 Å². The first-order chi connectivity index (χ1) is 27.4. The lowest BCUT2D eigenvalue weighted by Gasteiger charge is -2.41. The molecule has 0 amide bonds. The Morgan fingerprint density at radius 1 is 0.579 bits per heavy atom. The highest BCUT2D eigenvalue weighted by atomic mass is 31.2. The molecule has 8 atom stereocenters. The van der Waals surface area contributed by atoms with E-state index in [0.717, 1.165) is 51.0 Å². The van der Waals surface area contributed by atoms with Gasteiger partial charge in [0.05, 0.1) is 6.61 Å². The van der Waals surface area contributed by atoms with E-state index in [1.807, 2.05) is 6.08 Å². The summed E-state index contributed by atoms with van der Waals surface area (Å²) < 4.78 is 33.2. The third-order valence-electron chi connectivity index (χ3n) is 10.1. The number of esters is 2. The van der Waals surface area contributed by atoms with E-state index >= 15 is 0 Å². The van der Waals surface area contributed by atoms with Crippen LogP contribution in [0.15, 0.2) is 36.5 Å². The SMILES string of the molecule is CCCCCCCC/C=C/CCCCCC(=O)OC[C@H](COP(=O)(O)OC1C(O)C(O)C(O)[C@@H](O)C1O)OC(=O)/C=C/C=C/CCCCCCCCCCCCC. The van der Waals surface area contributed by atoms with E-state index in [1.54, 1.807) is 6.08 Å². The lowest BCUT2D eigenvalue weighted by molar-refractivity contribution is -0.220. The maximum absolute atomic E-state index is 12.8. The molecule has 0 saturated heterocycles. The molecule has 1 aliphatic rings. The van der Waals surface area contributed by atoms with Crippen molar-refractivity contribution in [2.24, 2.45) is 0 Å². The van der Waals surface area contributed by atoms with E-state index in [-0.39, 0.29) is 6.42 Å². The van der Waals surface area contributed by atoms with Crippen LogP contribution < -0.4 is 0 Å². The van der Waals surface area contributed by atoms with E-state index in [1.165, 1.54) is 102 Å². The van der Waals surface area contributed by atoms with Crippen molar-refractivity contribution in [2.45, 2.75) is 211 Å². The molecule has 0 aliphatic heterocycles. The Bertz CT molecular complexity index is 1150. The molecule has 57 heavy (non-hydrogen) atoms. The standard InChI is InChI=1S/C43H77O13P/c1-3-5-7-9-11-13-15-17-18-20-22-24-26-28-30-32-37(45)55-35(34-54-57(51,52)56-43-41(49)39(47)38(46)40(48)42(43)50)33-53-36(44)31-29-27-25-23-21-19-16-14-12-10-8-6-4-2/h19,21,26,28,30,32,35,38-43,46-50H,3-18,20,22-25,27,29,31,33-34H2,1-2H3,(H,51,52)/b21-19+,28-26+,32-30+/t35-,38?,39-,40?,41?,42?,43?/m1/s1. The number of rotatable bonds is 35. The second kappa shape index (κ2) is 33.9. The Morgan fingerprint density at radius 3 is 1.53 bits per heavy atom. The van der Waals surface area contributed by atoms with Crippen LogP contribution in [0.1, 0.15) is 168 Å². The number of hydrogen-bond acceptors (Lipinski definition) is 12. The van der Waals surface area contributed by atoms with Crippen LogP contribution >= 0.6 is 7.82 Å². The molecule has 1 rings (SSSR count). The number of aliphatic hydroxyl groups excluding tert-OH is 5. The molecule has 0 heterocycles. The Kier molecular flexibility index (Phi) is 31.5. The molecular weight excluding hydrogens is 755 g/mol. The van der Waals surface area contributed by atoms with Crippen LogP contribution in [0, 0.1) is 0 Å². The second-order valence-corrected chi connectivity index (χ2v) is 16.7. The van der Waals surface area contributed by atoms with E-state index in [0.29, 0.717) is 6.42 Å².